The molecule has 0 saturated heterocycles. The number of fused-ring (bicyclic) bond motifs is 12. The average Bonchev–Trinajstić information content (AvgIpc) is 3.92. The van der Waals surface area contributed by atoms with Gasteiger partial charge >= 0.3 is 0 Å². The van der Waals surface area contributed by atoms with Crippen molar-refractivity contribution in [1.29, 1.82) is 0 Å². The lowest BCUT2D eigenvalue weighted by Gasteiger charge is -2.12. The van der Waals surface area contributed by atoms with Crippen LogP contribution >= 0.6 is 0 Å². The number of aromatic nitrogens is 5. The largest absolute Gasteiger partial charge is 0.455 e. The Morgan fingerprint density at radius 3 is 1.45 bits per heavy atom. The lowest BCUT2D eigenvalue weighted by Crippen LogP contribution is -2.06. The van der Waals surface area contributed by atoms with Crippen LogP contribution in [0, 0.1) is 0 Å². The molecule has 0 fully saturated rings. The van der Waals surface area contributed by atoms with Crippen molar-refractivity contribution in [3.8, 4) is 34.4 Å². The molecular formula is C49H29N5O. The number of benzene rings is 8. The Balaban J connectivity index is 1.17. The normalized spacial score (nSPS) is 12.0. The van der Waals surface area contributed by atoms with Crippen LogP contribution in [0.1, 0.15) is 0 Å². The van der Waals surface area contributed by atoms with Gasteiger partial charge in [0.1, 0.15) is 11.2 Å². The molecule has 0 unspecified atom stereocenters. The van der Waals surface area contributed by atoms with Crippen molar-refractivity contribution in [3.63, 3.8) is 0 Å². The second-order valence-electron chi connectivity index (χ2n) is 14.0. The van der Waals surface area contributed by atoms with Crippen LogP contribution < -0.4 is 0 Å². The molecule has 0 aliphatic carbocycles. The van der Waals surface area contributed by atoms with E-state index < -0.39 is 0 Å². The second-order valence-corrected chi connectivity index (χ2v) is 14.0. The predicted molar refractivity (Wildman–Crippen MR) is 224 cm³/mol. The molecule has 256 valence electrons. The molecule has 0 spiro atoms. The molecule has 0 radical (unpaired) electrons. The third kappa shape index (κ3) is 4.33. The summed E-state index contributed by atoms with van der Waals surface area (Å²) in [5, 5.41) is 8.89. The molecule has 8 aromatic carbocycles. The highest BCUT2D eigenvalue weighted by Gasteiger charge is 2.24. The molecule has 0 aliphatic heterocycles. The maximum atomic E-state index is 7.09. The minimum atomic E-state index is 0.550. The number of para-hydroxylation sites is 3. The van der Waals surface area contributed by atoms with Crippen molar-refractivity contribution in [3.05, 3.63) is 176 Å². The van der Waals surface area contributed by atoms with E-state index in [1.54, 1.807) is 0 Å². The molecule has 0 amide bonds. The highest BCUT2D eigenvalue weighted by atomic mass is 16.3. The monoisotopic (exact) mass is 703 g/mol. The first-order chi connectivity index (χ1) is 27.3. The van der Waals surface area contributed by atoms with E-state index >= 15 is 0 Å². The van der Waals surface area contributed by atoms with Gasteiger partial charge in [-0.05, 0) is 36.4 Å². The van der Waals surface area contributed by atoms with E-state index in [1.165, 1.54) is 21.8 Å². The lowest BCUT2D eigenvalue weighted by atomic mass is 10.0. The molecule has 0 atom stereocenters. The molecule has 12 rings (SSSR count). The number of hydrogen-bond donors (Lipinski definition) is 0. The number of furan rings is 1. The SMILES string of the molecule is c1ccc(-c2nc(-c3ccccc3)nc(-n3c4ccccc4c4c5oc6c7ccccc7c(-n7c8ccccc8c8ccccc87)cc6c5ccc43)n2)cc1. The van der Waals surface area contributed by atoms with Gasteiger partial charge < -0.3 is 8.98 Å². The van der Waals surface area contributed by atoms with Crippen LogP contribution in [-0.4, -0.2) is 24.1 Å². The van der Waals surface area contributed by atoms with Gasteiger partial charge in [-0.15, -0.1) is 0 Å². The number of rotatable bonds is 4. The van der Waals surface area contributed by atoms with Crippen molar-refractivity contribution in [2.45, 2.75) is 0 Å². The molecular weight excluding hydrogens is 675 g/mol. The van der Waals surface area contributed by atoms with Crippen LogP contribution in [0.4, 0.5) is 0 Å². The third-order valence-electron chi connectivity index (χ3n) is 11.0. The lowest BCUT2D eigenvalue weighted by molar-refractivity contribution is 0.676. The summed E-state index contributed by atoms with van der Waals surface area (Å²) in [4.78, 5) is 15.2. The molecule has 4 heterocycles. The fraction of sp³-hybridized carbons (Fsp3) is 0. The predicted octanol–water partition coefficient (Wildman–Crippen LogP) is 12.5. The van der Waals surface area contributed by atoms with Gasteiger partial charge in [-0.25, -0.2) is 4.98 Å². The zero-order valence-corrected chi connectivity index (χ0v) is 29.4. The highest BCUT2D eigenvalue weighted by molar-refractivity contribution is 6.27. The second kappa shape index (κ2) is 11.5. The van der Waals surface area contributed by atoms with Gasteiger partial charge in [-0.2, -0.15) is 9.97 Å². The third-order valence-corrected chi connectivity index (χ3v) is 11.0. The summed E-state index contributed by atoms with van der Waals surface area (Å²) >= 11 is 0. The van der Waals surface area contributed by atoms with Crippen LogP contribution in [0.25, 0.3) is 111 Å². The Hall–Kier alpha value is -7.57. The van der Waals surface area contributed by atoms with Crippen LogP contribution in [0.2, 0.25) is 0 Å². The van der Waals surface area contributed by atoms with Gasteiger partial charge in [-0.1, -0.05) is 140 Å². The fourth-order valence-corrected chi connectivity index (χ4v) is 8.57. The maximum Gasteiger partial charge on any atom is 0.238 e. The van der Waals surface area contributed by atoms with Crippen molar-refractivity contribution in [2.75, 3.05) is 0 Å². The zero-order valence-electron chi connectivity index (χ0n) is 29.4. The Bertz CT molecular complexity index is 3380. The summed E-state index contributed by atoms with van der Waals surface area (Å²) in [6.45, 7) is 0. The zero-order chi connectivity index (χ0) is 36.0. The van der Waals surface area contributed by atoms with Crippen molar-refractivity contribution < 1.29 is 4.42 Å². The van der Waals surface area contributed by atoms with Gasteiger partial charge in [-0.3, -0.25) is 4.57 Å². The molecule has 6 nitrogen and oxygen atoms in total. The summed E-state index contributed by atoms with van der Waals surface area (Å²) < 4.78 is 11.7. The standard InChI is InChI=1S/C49H29N5O/c1-3-15-30(16-4-1)47-50-48(31-17-5-2-6-18-31)52-49(51-47)54-41-26-14-11-23-37(41)44-42(54)28-27-36-38-29-43(34-21-7-8-22-35(34)45(38)55-46(36)44)53-39-24-12-9-19-32(39)33-20-10-13-25-40(33)53/h1-29H. The quantitative estimate of drug-likeness (QED) is 0.183. The smallest absolute Gasteiger partial charge is 0.238 e. The number of nitrogens with zero attached hydrogens (tertiary/aromatic N) is 5. The fourth-order valence-electron chi connectivity index (χ4n) is 8.57. The molecule has 0 saturated carbocycles. The van der Waals surface area contributed by atoms with Gasteiger partial charge in [0.15, 0.2) is 11.6 Å². The summed E-state index contributed by atoms with van der Waals surface area (Å²) in [5.74, 6) is 1.78. The highest BCUT2D eigenvalue weighted by Crippen LogP contribution is 2.44. The molecule has 6 heteroatoms. The first-order valence-corrected chi connectivity index (χ1v) is 18.5. The Labute approximate surface area is 314 Å². The van der Waals surface area contributed by atoms with Crippen molar-refractivity contribution >= 4 is 76.3 Å². The van der Waals surface area contributed by atoms with E-state index in [9.17, 15) is 0 Å². The van der Waals surface area contributed by atoms with Gasteiger partial charge in [0, 0.05) is 48.8 Å². The number of hydrogen-bond acceptors (Lipinski definition) is 4. The van der Waals surface area contributed by atoms with E-state index in [0.717, 1.165) is 71.3 Å². The molecule has 0 bridgehead atoms. The molecule has 55 heavy (non-hydrogen) atoms. The molecule has 0 aliphatic rings. The molecule has 12 aromatic rings. The van der Waals surface area contributed by atoms with Crippen molar-refractivity contribution in [2.24, 2.45) is 0 Å². The van der Waals surface area contributed by atoms with Crippen LogP contribution in [0.3, 0.4) is 0 Å². The first-order valence-electron chi connectivity index (χ1n) is 18.5. The Kier molecular flexibility index (Phi) is 6.24. The summed E-state index contributed by atoms with van der Waals surface area (Å²) in [6.07, 6.45) is 0. The van der Waals surface area contributed by atoms with E-state index in [1.807, 2.05) is 60.7 Å². The maximum absolute atomic E-state index is 7.09. The first kappa shape index (κ1) is 29.9. The summed E-state index contributed by atoms with van der Waals surface area (Å²) in [6, 6.07) is 61.3. The topological polar surface area (TPSA) is 61.7 Å². The minimum absolute atomic E-state index is 0.550. The molecule has 0 N–H and O–H groups in total. The average molecular weight is 704 g/mol. The van der Waals surface area contributed by atoms with Gasteiger partial charge in [0.25, 0.3) is 0 Å². The van der Waals surface area contributed by atoms with Gasteiger partial charge in [0.2, 0.25) is 5.95 Å². The minimum Gasteiger partial charge on any atom is -0.455 e. The Morgan fingerprint density at radius 2 is 0.836 bits per heavy atom. The van der Waals surface area contributed by atoms with E-state index in [4.69, 9.17) is 19.4 Å². The van der Waals surface area contributed by atoms with Crippen LogP contribution in [-0.2, 0) is 0 Å². The van der Waals surface area contributed by atoms with Crippen LogP contribution in [0.15, 0.2) is 180 Å². The summed E-state index contributed by atoms with van der Waals surface area (Å²) in [5.41, 5.74) is 8.99. The van der Waals surface area contributed by atoms with Crippen molar-refractivity contribution in [1.82, 2.24) is 24.1 Å². The molecule has 4 aromatic heterocycles. The Morgan fingerprint density at radius 1 is 0.345 bits per heavy atom. The van der Waals surface area contributed by atoms with E-state index in [0.29, 0.717) is 17.6 Å². The van der Waals surface area contributed by atoms with E-state index in [2.05, 4.69) is 124 Å². The summed E-state index contributed by atoms with van der Waals surface area (Å²) in [7, 11) is 0. The van der Waals surface area contributed by atoms with E-state index in [-0.39, 0.29) is 0 Å². The van der Waals surface area contributed by atoms with Crippen LogP contribution in [0.5, 0.6) is 0 Å². The van der Waals surface area contributed by atoms with Gasteiger partial charge in [0.05, 0.1) is 33.1 Å².